The van der Waals surface area contributed by atoms with Crippen LogP contribution in [-0.4, -0.2) is 75.3 Å². The SMILES string of the molecule is CCCCCCNC(=N)N1CC(O)C(O)C(O)C1CO. The van der Waals surface area contributed by atoms with E-state index in [-0.39, 0.29) is 19.1 Å². The number of β-amino-alcohol motifs (C(OH)–C–C–N with tert-alkyl or cyclic N) is 1. The van der Waals surface area contributed by atoms with Crippen LogP contribution in [0.15, 0.2) is 0 Å². The molecular weight excluding hydrogens is 262 g/mol. The van der Waals surface area contributed by atoms with E-state index in [9.17, 15) is 20.4 Å². The first-order valence-corrected chi connectivity index (χ1v) is 7.27. The maximum absolute atomic E-state index is 9.83. The van der Waals surface area contributed by atoms with E-state index in [1.807, 2.05) is 0 Å². The average molecular weight is 289 g/mol. The fraction of sp³-hybridized carbons (Fsp3) is 0.923. The summed E-state index contributed by atoms with van der Waals surface area (Å²) >= 11 is 0. The summed E-state index contributed by atoms with van der Waals surface area (Å²) in [5.41, 5.74) is 0. The highest BCUT2D eigenvalue weighted by Gasteiger charge is 2.42. The van der Waals surface area contributed by atoms with Gasteiger partial charge in [-0.2, -0.15) is 0 Å². The molecule has 0 aromatic carbocycles. The Balaban J connectivity index is 2.48. The van der Waals surface area contributed by atoms with Gasteiger partial charge in [0.2, 0.25) is 0 Å². The number of likely N-dealkylation sites (tertiary alicyclic amines) is 1. The van der Waals surface area contributed by atoms with Crippen LogP contribution in [0.5, 0.6) is 0 Å². The number of nitrogens with one attached hydrogen (secondary N) is 2. The lowest BCUT2D eigenvalue weighted by Crippen LogP contribution is -2.65. The number of unbranched alkanes of at least 4 members (excludes halogenated alkanes) is 3. The van der Waals surface area contributed by atoms with Crippen molar-refractivity contribution in [3.05, 3.63) is 0 Å². The number of aliphatic hydroxyl groups is 4. The van der Waals surface area contributed by atoms with Gasteiger partial charge in [-0.05, 0) is 6.42 Å². The van der Waals surface area contributed by atoms with Crippen LogP contribution in [0.3, 0.4) is 0 Å². The smallest absolute Gasteiger partial charge is 0.191 e. The summed E-state index contributed by atoms with van der Waals surface area (Å²) in [5, 5.41) is 49.3. The Morgan fingerprint density at radius 2 is 1.90 bits per heavy atom. The standard InChI is InChI=1S/C13H27N3O4/c1-2-3-4-5-6-15-13(14)16-7-10(18)12(20)11(19)9(16)8-17/h9-12,17-20H,2-8H2,1H3,(H2,14,15). The number of aliphatic hydroxyl groups excluding tert-OH is 4. The van der Waals surface area contributed by atoms with Crippen molar-refractivity contribution in [2.75, 3.05) is 19.7 Å². The Bertz CT molecular complexity index is 303. The first kappa shape index (κ1) is 17.2. The molecule has 1 saturated heterocycles. The van der Waals surface area contributed by atoms with Gasteiger partial charge >= 0.3 is 0 Å². The van der Waals surface area contributed by atoms with Crippen LogP contribution in [-0.2, 0) is 0 Å². The van der Waals surface area contributed by atoms with Gasteiger partial charge in [0.15, 0.2) is 5.96 Å². The molecular formula is C13H27N3O4. The minimum Gasteiger partial charge on any atom is -0.394 e. The van der Waals surface area contributed by atoms with Crippen molar-refractivity contribution >= 4 is 5.96 Å². The van der Waals surface area contributed by atoms with Crippen LogP contribution in [0.25, 0.3) is 0 Å². The second-order valence-corrected chi connectivity index (χ2v) is 5.29. The molecule has 4 atom stereocenters. The van der Waals surface area contributed by atoms with Gasteiger partial charge in [0.1, 0.15) is 18.3 Å². The predicted octanol–water partition coefficient (Wildman–Crippen LogP) is -1.15. The third-order valence-electron chi connectivity index (χ3n) is 3.72. The number of nitrogens with zero attached hydrogens (tertiary/aromatic N) is 1. The van der Waals surface area contributed by atoms with E-state index in [4.69, 9.17) is 5.41 Å². The highest BCUT2D eigenvalue weighted by Crippen LogP contribution is 2.18. The molecule has 0 aromatic heterocycles. The molecule has 0 aromatic rings. The largest absolute Gasteiger partial charge is 0.394 e. The number of guanidine groups is 1. The number of hydrogen-bond acceptors (Lipinski definition) is 5. The fourth-order valence-electron chi connectivity index (χ4n) is 2.41. The summed E-state index contributed by atoms with van der Waals surface area (Å²) in [6, 6.07) is -0.774. The average Bonchev–Trinajstić information content (AvgIpc) is 2.44. The summed E-state index contributed by atoms with van der Waals surface area (Å²) in [5.74, 6) is 0.0607. The molecule has 0 amide bonds. The van der Waals surface area contributed by atoms with Crippen LogP contribution in [0.2, 0.25) is 0 Å². The highest BCUT2D eigenvalue weighted by molar-refractivity contribution is 5.77. The van der Waals surface area contributed by atoms with Gasteiger partial charge in [0.05, 0.1) is 12.6 Å². The molecule has 6 N–H and O–H groups in total. The van der Waals surface area contributed by atoms with E-state index < -0.39 is 24.4 Å². The van der Waals surface area contributed by atoms with Crippen molar-refractivity contribution in [1.29, 1.82) is 5.41 Å². The van der Waals surface area contributed by atoms with E-state index in [1.165, 1.54) is 4.90 Å². The van der Waals surface area contributed by atoms with Crippen LogP contribution in [0, 0.1) is 5.41 Å². The Morgan fingerprint density at radius 3 is 2.50 bits per heavy atom. The van der Waals surface area contributed by atoms with E-state index in [0.717, 1.165) is 25.7 Å². The van der Waals surface area contributed by atoms with Gasteiger partial charge in [0.25, 0.3) is 0 Å². The minimum absolute atomic E-state index is 0.0181. The van der Waals surface area contributed by atoms with E-state index in [2.05, 4.69) is 12.2 Å². The van der Waals surface area contributed by atoms with Gasteiger partial charge in [-0.15, -0.1) is 0 Å². The summed E-state index contributed by atoms with van der Waals surface area (Å²) in [7, 11) is 0. The van der Waals surface area contributed by atoms with Crippen molar-refractivity contribution in [1.82, 2.24) is 10.2 Å². The highest BCUT2D eigenvalue weighted by atomic mass is 16.4. The quantitative estimate of drug-likeness (QED) is 0.209. The van der Waals surface area contributed by atoms with E-state index >= 15 is 0 Å². The lowest BCUT2D eigenvalue weighted by molar-refractivity contribution is -0.129. The third-order valence-corrected chi connectivity index (χ3v) is 3.72. The zero-order valence-electron chi connectivity index (χ0n) is 12.0. The molecule has 7 nitrogen and oxygen atoms in total. The molecule has 20 heavy (non-hydrogen) atoms. The monoisotopic (exact) mass is 289 g/mol. The summed E-state index contributed by atoms with van der Waals surface area (Å²) in [6.07, 6.45) is 0.640. The van der Waals surface area contributed by atoms with Crippen LogP contribution >= 0.6 is 0 Å². The molecule has 0 radical (unpaired) electrons. The van der Waals surface area contributed by atoms with Crippen molar-refractivity contribution < 1.29 is 20.4 Å². The Labute approximate surface area is 119 Å². The maximum atomic E-state index is 9.83. The first-order chi connectivity index (χ1) is 9.52. The first-order valence-electron chi connectivity index (χ1n) is 7.27. The number of hydrogen-bond donors (Lipinski definition) is 6. The maximum Gasteiger partial charge on any atom is 0.191 e. The van der Waals surface area contributed by atoms with Crippen molar-refractivity contribution in [2.45, 2.75) is 57.0 Å². The van der Waals surface area contributed by atoms with Crippen LogP contribution in [0.4, 0.5) is 0 Å². The predicted molar refractivity (Wildman–Crippen MR) is 75.5 cm³/mol. The second-order valence-electron chi connectivity index (χ2n) is 5.29. The molecule has 7 heteroatoms. The zero-order chi connectivity index (χ0) is 15.1. The van der Waals surface area contributed by atoms with Crippen molar-refractivity contribution in [3.8, 4) is 0 Å². The third kappa shape index (κ3) is 4.31. The Hall–Kier alpha value is -0.890. The number of rotatable bonds is 6. The lowest BCUT2D eigenvalue weighted by Gasteiger charge is -2.44. The molecule has 1 aliphatic rings. The molecule has 0 aliphatic carbocycles. The van der Waals surface area contributed by atoms with Gasteiger partial charge < -0.3 is 30.6 Å². The molecule has 0 saturated carbocycles. The molecule has 1 rings (SSSR count). The summed E-state index contributed by atoms with van der Waals surface area (Å²) < 4.78 is 0. The van der Waals surface area contributed by atoms with E-state index in [1.54, 1.807) is 0 Å². The Morgan fingerprint density at radius 1 is 1.20 bits per heavy atom. The molecule has 0 spiro atoms. The number of piperidine rings is 1. The fourth-order valence-corrected chi connectivity index (χ4v) is 2.41. The van der Waals surface area contributed by atoms with Gasteiger partial charge in [0, 0.05) is 13.1 Å². The molecule has 1 heterocycles. The Kier molecular flexibility index (Phi) is 7.22. The molecule has 1 fully saturated rings. The minimum atomic E-state index is -1.29. The van der Waals surface area contributed by atoms with E-state index in [0.29, 0.717) is 6.54 Å². The molecule has 1 aliphatic heterocycles. The van der Waals surface area contributed by atoms with Gasteiger partial charge in [-0.3, -0.25) is 5.41 Å². The van der Waals surface area contributed by atoms with Gasteiger partial charge in [-0.1, -0.05) is 26.2 Å². The zero-order valence-corrected chi connectivity index (χ0v) is 12.0. The van der Waals surface area contributed by atoms with Crippen LogP contribution in [0.1, 0.15) is 32.6 Å². The summed E-state index contributed by atoms with van der Waals surface area (Å²) in [4.78, 5) is 1.40. The molecule has 118 valence electrons. The van der Waals surface area contributed by atoms with Crippen LogP contribution < -0.4 is 5.32 Å². The normalized spacial score (nSPS) is 30.4. The molecule has 4 unspecified atom stereocenters. The van der Waals surface area contributed by atoms with Crippen molar-refractivity contribution in [2.24, 2.45) is 0 Å². The second kappa shape index (κ2) is 8.41. The lowest BCUT2D eigenvalue weighted by atomic mass is 9.94. The topological polar surface area (TPSA) is 120 Å². The van der Waals surface area contributed by atoms with Crippen molar-refractivity contribution in [3.63, 3.8) is 0 Å². The van der Waals surface area contributed by atoms with Gasteiger partial charge in [-0.25, -0.2) is 0 Å². The molecule has 0 bridgehead atoms. The summed E-state index contributed by atoms with van der Waals surface area (Å²) in [6.45, 7) is 2.40.